The minimum absolute atomic E-state index is 0.0293. The van der Waals surface area contributed by atoms with Crippen LogP contribution in [-0.4, -0.2) is 36.8 Å². The number of hydrogen-bond donors (Lipinski definition) is 0. The highest BCUT2D eigenvalue weighted by Gasteiger charge is 2.39. The number of halogens is 1. The fourth-order valence-corrected chi connectivity index (χ4v) is 6.06. The summed E-state index contributed by atoms with van der Waals surface area (Å²) >= 11 is 0. The Kier molecular flexibility index (Phi) is 5.56. The zero-order valence-electron chi connectivity index (χ0n) is 19.7. The van der Waals surface area contributed by atoms with Crippen molar-refractivity contribution in [1.82, 2.24) is 4.90 Å². The molecule has 3 aromatic carbocycles. The van der Waals surface area contributed by atoms with Crippen molar-refractivity contribution in [2.45, 2.75) is 43.7 Å². The predicted octanol–water partition coefficient (Wildman–Crippen LogP) is 6.79. The molecule has 1 fully saturated rings. The summed E-state index contributed by atoms with van der Waals surface area (Å²) in [6.07, 6.45) is 5.46. The molecular formula is C30H28FNO3. The maximum atomic E-state index is 14.3. The maximum Gasteiger partial charge on any atom is 0.410 e. The summed E-state index contributed by atoms with van der Waals surface area (Å²) in [7, 11) is 1.47. The first-order valence-electron chi connectivity index (χ1n) is 12.3. The fraction of sp³-hybridized carbons (Fsp3) is 0.300. The highest BCUT2D eigenvalue weighted by molar-refractivity contribution is 5.79. The Labute approximate surface area is 205 Å². The lowest BCUT2D eigenvalue weighted by molar-refractivity contribution is 0.0539. The van der Waals surface area contributed by atoms with E-state index in [-0.39, 0.29) is 35.7 Å². The molecule has 3 aromatic rings. The van der Waals surface area contributed by atoms with Crippen molar-refractivity contribution in [2.24, 2.45) is 0 Å². The number of ether oxygens (including phenoxy) is 2. The molecule has 178 valence electrons. The van der Waals surface area contributed by atoms with Crippen LogP contribution in [0.2, 0.25) is 0 Å². The van der Waals surface area contributed by atoms with Crippen molar-refractivity contribution in [2.75, 3.05) is 13.7 Å². The molecule has 3 aliphatic rings. The molecule has 0 aromatic heterocycles. The molecule has 1 saturated heterocycles. The minimum atomic E-state index is -0.366. The summed E-state index contributed by atoms with van der Waals surface area (Å²) in [4.78, 5) is 15.3. The summed E-state index contributed by atoms with van der Waals surface area (Å²) in [6.45, 7) is 0.322. The van der Waals surface area contributed by atoms with E-state index in [1.54, 1.807) is 6.07 Å². The normalized spacial score (nSPS) is 20.6. The van der Waals surface area contributed by atoms with E-state index < -0.39 is 0 Å². The third kappa shape index (κ3) is 3.79. The van der Waals surface area contributed by atoms with Gasteiger partial charge in [0.15, 0.2) is 11.6 Å². The third-order valence-corrected chi connectivity index (χ3v) is 7.71. The van der Waals surface area contributed by atoms with Gasteiger partial charge < -0.3 is 9.47 Å². The number of amides is 1. The van der Waals surface area contributed by atoms with Crippen molar-refractivity contribution in [1.29, 1.82) is 0 Å². The van der Waals surface area contributed by atoms with Crippen molar-refractivity contribution < 1.29 is 18.7 Å². The van der Waals surface area contributed by atoms with Gasteiger partial charge in [0, 0.05) is 12.0 Å². The van der Waals surface area contributed by atoms with Crippen LogP contribution >= 0.6 is 0 Å². The largest absolute Gasteiger partial charge is 0.494 e. The molecule has 6 rings (SSSR count). The maximum absolute atomic E-state index is 14.3. The Morgan fingerprint density at radius 3 is 2.37 bits per heavy atom. The number of carbonyl (C=O) groups excluding carboxylic acids is 1. The summed E-state index contributed by atoms with van der Waals surface area (Å²) in [5.74, 6) is -0.0787. The average Bonchev–Trinajstić information content (AvgIpc) is 3.20. The molecule has 5 heteroatoms. The van der Waals surface area contributed by atoms with E-state index in [0.29, 0.717) is 13.0 Å². The molecule has 2 unspecified atom stereocenters. The molecule has 1 amide bonds. The van der Waals surface area contributed by atoms with E-state index in [0.717, 1.165) is 30.4 Å². The van der Waals surface area contributed by atoms with E-state index in [1.807, 2.05) is 23.1 Å². The van der Waals surface area contributed by atoms with Gasteiger partial charge in [0.2, 0.25) is 0 Å². The molecule has 1 aliphatic carbocycles. The summed E-state index contributed by atoms with van der Waals surface area (Å²) in [6, 6.07) is 21.9. The van der Waals surface area contributed by atoms with E-state index in [9.17, 15) is 9.18 Å². The molecule has 0 radical (unpaired) electrons. The van der Waals surface area contributed by atoms with Crippen molar-refractivity contribution in [3.8, 4) is 16.9 Å². The van der Waals surface area contributed by atoms with Crippen LogP contribution in [0.25, 0.3) is 16.7 Å². The molecule has 0 spiro atoms. The molecule has 0 N–H and O–H groups in total. The Hall–Kier alpha value is -3.60. The fourth-order valence-electron chi connectivity index (χ4n) is 6.06. The van der Waals surface area contributed by atoms with Gasteiger partial charge in [-0.15, -0.1) is 0 Å². The van der Waals surface area contributed by atoms with Gasteiger partial charge in [-0.3, -0.25) is 4.90 Å². The number of fused-ring (bicyclic) bond motifs is 5. The quantitative estimate of drug-likeness (QED) is 0.422. The Morgan fingerprint density at radius 1 is 1.00 bits per heavy atom. The van der Waals surface area contributed by atoms with E-state index in [1.165, 1.54) is 35.4 Å². The number of methoxy groups -OCH3 is 1. The number of nitrogens with zero attached hydrogens (tertiary/aromatic N) is 1. The van der Waals surface area contributed by atoms with Crippen molar-refractivity contribution in [3.05, 3.63) is 95.3 Å². The SMILES string of the molecule is COc1ccc(C2=CC3CCCC(C2)N3C(=O)OCC2c3ccccc3-c3ccccc32)cc1F. The van der Waals surface area contributed by atoms with Crippen molar-refractivity contribution in [3.63, 3.8) is 0 Å². The van der Waals surface area contributed by atoms with Gasteiger partial charge in [-0.2, -0.15) is 0 Å². The standard InChI is InChI=1S/C30H28FNO3/c1-34-29-14-13-19(17-28(29)31)20-15-21-7-6-8-22(16-20)32(21)30(33)35-18-27-25-11-4-2-9-23(25)24-10-3-5-12-26(24)27/h2-5,9-15,17,21-22,27H,6-8,16,18H2,1H3. The number of rotatable bonds is 4. The smallest absolute Gasteiger partial charge is 0.410 e. The van der Waals surface area contributed by atoms with Crippen LogP contribution in [0, 0.1) is 5.82 Å². The number of piperidine rings is 1. The zero-order chi connectivity index (χ0) is 23.9. The Balaban J connectivity index is 1.21. The van der Waals surface area contributed by atoms with Crippen LogP contribution in [0.1, 0.15) is 48.3 Å². The van der Waals surface area contributed by atoms with Crippen LogP contribution in [0.15, 0.2) is 72.8 Å². The van der Waals surface area contributed by atoms with Gasteiger partial charge in [-0.25, -0.2) is 9.18 Å². The number of carbonyl (C=O) groups is 1. The number of benzene rings is 3. The van der Waals surface area contributed by atoms with Gasteiger partial charge in [-0.1, -0.05) is 60.7 Å². The molecular weight excluding hydrogens is 441 g/mol. The van der Waals surface area contributed by atoms with Crippen LogP contribution < -0.4 is 4.74 Å². The predicted molar refractivity (Wildman–Crippen MR) is 134 cm³/mol. The molecule has 2 atom stereocenters. The van der Waals surface area contributed by atoms with Gasteiger partial charge in [0.1, 0.15) is 6.61 Å². The lowest BCUT2D eigenvalue weighted by Crippen LogP contribution is -2.51. The van der Waals surface area contributed by atoms with E-state index in [4.69, 9.17) is 9.47 Å². The van der Waals surface area contributed by atoms with Crippen LogP contribution in [0.4, 0.5) is 9.18 Å². The van der Waals surface area contributed by atoms with E-state index >= 15 is 0 Å². The first-order valence-corrected chi connectivity index (χ1v) is 12.3. The van der Waals surface area contributed by atoms with Gasteiger partial charge in [0.05, 0.1) is 13.2 Å². The third-order valence-electron chi connectivity index (χ3n) is 7.71. The van der Waals surface area contributed by atoms with Crippen LogP contribution in [0.3, 0.4) is 0 Å². The second-order valence-corrected chi connectivity index (χ2v) is 9.61. The molecule has 35 heavy (non-hydrogen) atoms. The van der Waals surface area contributed by atoms with E-state index in [2.05, 4.69) is 42.5 Å². The first kappa shape index (κ1) is 21.9. The molecule has 2 aliphatic heterocycles. The zero-order valence-corrected chi connectivity index (χ0v) is 19.7. The Bertz CT molecular complexity index is 1270. The lowest BCUT2D eigenvalue weighted by atomic mass is 9.83. The van der Waals surface area contributed by atoms with Gasteiger partial charge in [0.25, 0.3) is 0 Å². The Morgan fingerprint density at radius 2 is 1.71 bits per heavy atom. The van der Waals surface area contributed by atoms with Gasteiger partial charge >= 0.3 is 6.09 Å². The highest BCUT2D eigenvalue weighted by Crippen LogP contribution is 2.45. The summed E-state index contributed by atoms with van der Waals surface area (Å²) in [5.41, 5.74) is 6.81. The van der Waals surface area contributed by atoms with Crippen LogP contribution in [-0.2, 0) is 4.74 Å². The van der Waals surface area contributed by atoms with Crippen LogP contribution in [0.5, 0.6) is 5.75 Å². The highest BCUT2D eigenvalue weighted by atomic mass is 19.1. The summed E-state index contributed by atoms with van der Waals surface area (Å²) < 4.78 is 25.4. The second-order valence-electron chi connectivity index (χ2n) is 9.61. The minimum Gasteiger partial charge on any atom is -0.494 e. The monoisotopic (exact) mass is 469 g/mol. The molecule has 2 heterocycles. The van der Waals surface area contributed by atoms with Gasteiger partial charge in [-0.05, 0) is 71.2 Å². The first-order chi connectivity index (χ1) is 17.1. The average molecular weight is 470 g/mol. The second kappa shape index (κ2) is 8.88. The number of hydrogen-bond acceptors (Lipinski definition) is 3. The molecule has 2 bridgehead atoms. The topological polar surface area (TPSA) is 38.8 Å². The molecule has 4 nitrogen and oxygen atoms in total. The van der Waals surface area contributed by atoms with Crippen molar-refractivity contribution >= 4 is 11.7 Å². The lowest BCUT2D eigenvalue weighted by Gasteiger charge is -2.44. The summed E-state index contributed by atoms with van der Waals surface area (Å²) in [5, 5.41) is 0. The molecule has 0 saturated carbocycles.